The molecule has 0 atom stereocenters. The van der Waals surface area contributed by atoms with E-state index < -0.39 is 0 Å². The smallest absolute Gasteiger partial charge is 0.117 e. The summed E-state index contributed by atoms with van der Waals surface area (Å²) in [4.78, 5) is 0. The van der Waals surface area contributed by atoms with Gasteiger partial charge in [0.15, 0.2) is 0 Å². The van der Waals surface area contributed by atoms with Crippen molar-refractivity contribution in [3.05, 3.63) is 24.3 Å². The highest BCUT2D eigenvalue weighted by Gasteiger charge is 2.12. The molecule has 0 aliphatic carbocycles. The van der Waals surface area contributed by atoms with Crippen LogP contribution in [0.2, 0.25) is 0 Å². The fourth-order valence-electron chi connectivity index (χ4n) is 2.50. The average Bonchev–Trinajstić information content (AvgIpc) is 2.91. The quantitative estimate of drug-likeness (QED) is 0.803. The summed E-state index contributed by atoms with van der Waals surface area (Å²) in [7, 11) is 0. The third-order valence-electron chi connectivity index (χ3n) is 3.63. The molecule has 20 heavy (non-hydrogen) atoms. The van der Waals surface area contributed by atoms with Crippen molar-refractivity contribution in [1.29, 1.82) is 0 Å². The summed E-state index contributed by atoms with van der Waals surface area (Å²) in [6.45, 7) is 3.97. The molecule has 1 aromatic carbocycles. The Balaban J connectivity index is 1.39. The molecule has 3 rings (SSSR count). The molecule has 108 valence electrons. The first-order valence-electron chi connectivity index (χ1n) is 7.34. The van der Waals surface area contributed by atoms with E-state index in [-0.39, 0.29) is 0 Å². The number of hydrogen-bond acceptors (Lipinski definition) is 5. The molecule has 1 aromatic heterocycles. The maximum Gasteiger partial charge on any atom is 0.117 e. The number of nitrogens with one attached hydrogen (secondary N) is 2. The van der Waals surface area contributed by atoms with Crippen molar-refractivity contribution in [2.75, 3.05) is 31.6 Å². The van der Waals surface area contributed by atoms with Crippen LogP contribution in [0, 0.1) is 0 Å². The number of rotatable bonds is 6. The minimum Gasteiger partial charge on any atom is -0.378 e. The van der Waals surface area contributed by atoms with Gasteiger partial charge in [0, 0.05) is 18.5 Å². The molecule has 1 saturated heterocycles. The molecule has 0 unspecified atom stereocenters. The van der Waals surface area contributed by atoms with E-state index in [1.807, 2.05) is 6.07 Å². The lowest BCUT2D eigenvalue weighted by Gasteiger charge is -2.22. The Hall–Kier alpha value is -1.17. The topological polar surface area (TPSA) is 46.2 Å². The van der Waals surface area contributed by atoms with Crippen molar-refractivity contribution < 1.29 is 4.74 Å². The van der Waals surface area contributed by atoms with E-state index in [4.69, 9.17) is 4.74 Å². The number of hydrogen-bond donors (Lipinski definition) is 2. The number of anilines is 1. The second-order valence-electron chi connectivity index (χ2n) is 5.13. The molecule has 1 aliphatic heterocycles. The summed E-state index contributed by atoms with van der Waals surface area (Å²) in [6.07, 6.45) is 3.79. The SMILES string of the molecule is c1ccc2c(NCCCOC3CCNCC3)snc2c1. The Morgan fingerprint density at radius 1 is 1.30 bits per heavy atom. The minimum atomic E-state index is 0.459. The van der Waals surface area contributed by atoms with Crippen LogP contribution in [-0.4, -0.2) is 36.7 Å². The zero-order valence-electron chi connectivity index (χ0n) is 11.6. The van der Waals surface area contributed by atoms with Gasteiger partial charge in [0.05, 0.1) is 11.6 Å². The Bertz CT molecular complexity index is 537. The molecule has 2 aromatic rings. The molecule has 0 spiro atoms. The summed E-state index contributed by atoms with van der Waals surface area (Å²) >= 11 is 1.54. The van der Waals surface area contributed by atoms with Crippen LogP contribution in [0.25, 0.3) is 10.9 Å². The summed E-state index contributed by atoms with van der Waals surface area (Å²) in [5.41, 5.74) is 1.07. The highest BCUT2D eigenvalue weighted by atomic mass is 32.1. The zero-order valence-corrected chi connectivity index (χ0v) is 12.4. The van der Waals surface area contributed by atoms with Crippen LogP contribution < -0.4 is 10.6 Å². The van der Waals surface area contributed by atoms with Crippen LogP contribution in [0.5, 0.6) is 0 Å². The second-order valence-corrected chi connectivity index (χ2v) is 5.90. The van der Waals surface area contributed by atoms with E-state index >= 15 is 0 Å². The van der Waals surface area contributed by atoms with Crippen molar-refractivity contribution in [1.82, 2.24) is 9.69 Å². The Morgan fingerprint density at radius 2 is 2.15 bits per heavy atom. The third kappa shape index (κ3) is 3.48. The number of nitrogens with zero attached hydrogens (tertiary/aromatic N) is 1. The predicted octanol–water partition coefficient (Wildman–Crippen LogP) is 2.87. The van der Waals surface area contributed by atoms with Gasteiger partial charge in [-0.05, 0) is 56.0 Å². The summed E-state index contributed by atoms with van der Waals surface area (Å²) < 4.78 is 10.3. The van der Waals surface area contributed by atoms with E-state index in [9.17, 15) is 0 Å². The monoisotopic (exact) mass is 291 g/mol. The molecule has 0 radical (unpaired) electrons. The van der Waals surface area contributed by atoms with E-state index in [2.05, 4.69) is 33.2 Å². The number of benzene rings is 1. The van der Waals surface area contributed by atoms with Crippen molar-refractivity contribution in [3.63, 3.8) is 0 Å². The molecule has 1 fully saturated rings. The second kappa shape index (κ2) is 7.02. The predicted molar refractivity (Wildman–Crippen MR) is 84.6 cm³/mol. The van der Waals surface area contributed by atoms with Gasteiger partial charge >= 0.3 is 0 Å². The van der Waals surface area contributed by atoms with E-state index in [0.717, 1.165) is 51.0 Å². The van der Waals surface area contributed by atoms with Gasteiger partial charge in [0.25, 0.3) is 0 Å². The highest BCUT2D eigenvalue weighted by molar-refractivity contribution is 7.11. The van der Waals surface area contributed by atoms with Crippen molar-refractivity contribution in [2.45, 2.75) is 25.4 Å². The third-order valence-corrected chi connectivity index (χ3v) is 4.47. The average molecular weight is 291 g/mol. The highest BCUT2D eigenvalue weighted by Crippen LogP contribution is 2.26. The largest absolute Gasteiger partial charge is 0.378 e. The Labute approximate surface area is 123 Å². The zero-order chi connectivity index (χ0) is 13.6. The number of ether oxygens (including phenoxy) is 1. The summed E-state index contributed by atoms with van der Waals surface area (Å²) in [5, 5.41) is 9.21. The van der Waals surface area contributed by atoms with Gasteiger partial charge in [0.1, 0.15) is 5.00 Å². The van der Waals surface area contributed by atoms with Crippen molar-refractivity contribution >= 4 is 27.4 Å². The Morgan fingerprint density at radius 3 is 3.05 bits per heavy atom. The van der Waals surface area contributed by atoms with Gasteiger partial charge < -0.3 is 15.4 Å². The lowest BCUT2D eigenvalue weighted by Crippen LogP contribution is -2.32. The van der Waals surface area contributed by atoms with E-state index in [0.29, 0.717) is 6.10 Å². The first kappa shape index (κ1) is 13.8. The fourth-order valence-corrected chi connectivity index (χ4v) is 3.29. The molecule has 0 amide bonds. The molecule has 1 aliphatic rings. The van der Waals surface area contributed by atoms with Crippen LogP contribution in [0.15, 0.2) is 24.3 Å². The number of aromatic nitrogens is 1. The van der Waals surface area contributed by atoms with Gasteiger partial charge in [-0.25, -0.2) is 0 Å². The molecular weight excluding hydrogens is 270 g/mol. The lowest BCUT2D eigenvalue weighted by molar-refractivity contribution is 0.0329. The molecule has 2 N–H and O–H groups in total. The summed E-state index contributed by atoms with van der Waals surface area (Å²) in [5.74, 6) is 0. The maximum absolute atomic E-state index is 5.90. The molecule has 5 heteroatoms. The molecule has 0 saturated carbocycles. The normalized spacial score (nSPS) is 16.6. The van der Waals surface area contributed by atoms with Gasteiger partial charge in [-0.3, -0.25) is 0 Å². The van der Waals surface area contributed by atoms with Crippen LogP contribution in [0.4, 0.5) is 5.00 Å². The van der Waals surface area contributed by atoms with Gasteiger partial charge in [-0.15, -0.1) is 0 Å². The van der Waals surface area contributed by atoms with Crippen LogP contribution in [0.1, 0.15) is 19.3 Å². The maximum atomic E-state index is 5.90. The van der Waals surface area contributed by atoms with Crippen molar-refractivity contribution in [3.8, 4) is 0 Å². The fraction of sp³-hybridized carbons (Fsp3) is 0.533. The van der Waals surface area contributed by atoms with E-state index in [1.54, 1.807) is 0 Å². The lowest BCUT2D eigenvalue weighted by atomic mass is 10.1. The number of piperidine rings is 1. The van der Waals surface area contributed by atoms with E-state index in [1.165, 1.54) is 21.9 Å². The molecule has 2 heterocycles. The van der Waals surface area contributed by atoms with Gasteiger partial charge in [-0.2, -0.15) is 4.37 Å². The van der Waals surface area contributed by atoms with Crippen LogP contribution in [-0.2, 0) is 4.74 Å². The molecule has 4 nitrogen and oxygen atoms in total. The first-order valence-corrected chi connectivity index (χ1v) is 8.11. The standard InChI is InChI=1S/C15H21N3OS/c1-2-5-14-13(4-1)15(20-18-14)17-8-3-11-19-12-6-9-16-10-7-12/h1-2,4-5,12,16-17H,3,6-11H2. The summed E-state index contributed by atoms with van der Waals surface area (Å²) in [6, 6.07) is 8.25. The van der Waals surface area contributed by atoms with Gasteiger partial charge in [0.2, 0.25) is 0 Å². The molecule has 0 bridgehead atoms. The van der Waals surface area contributed by atoms with Crippen LogP contribution >= 0.6 is 11.5 Å². The van der Waals surface area contributed by atoms with Crippen molar-refractivity contribution in [2.24, 2.45) is 0 Å². The molecular formula is C15H21N3OS. The van der Waals surface area contributed by atoms with Gasteiger partial charge in [-0.1, -0.05) is 12.1 Å². The Kier molecular flexibility index (Phi) is 4.84. The minimum absolute atomic E-state index is 0.459. The first-order chi connectivity index (χ1) is 9.93. The number of fused-ring (bicyclic) bond motifs is 1. The van der Waals surface area contributed by atoms with Crippen LogP contribution in [0.3, 0.4) is 0 Å².